The molecule has 1 aromatic rings. The molecule has 0 radical (unpaired) electrons. The van der Waals surface area contributed by atoms with Crippen LogP contribution in [0.4, 0.5) is 0 Å². The summed E-state index contributed by atoms with van der Waals surface area (Å²) in [6.07, 6.45) is 1.49. The number of aromatic nitrogens is 2. The van der Waals surface area contributed by atoms with Crippen molar-refractivity contribution in [2.75, 3.05) is 6.61 Å². The Kier molecular flexibility index (Phi) is 3.17. The van der Waals surface area contributed by atoms with E-state index in [9.17, 15) is 9.59 Å². The highest BCUT2D eigenvalue weighted by atomic mass is 16.5. The Morgan fingerprint density at radius 1 is 1.59 bits per heavy atom. The maximum absolute atomic E-state index is 11.6. The maximum atomic E-state index is 11.6. The van der Waals surface area contributed by atoms with Crippen molar-refractivity contribution in [2.24, 2.45) is 5.92 Å². The average Bonchev–Trinajstić information content (AvgIpc) is 2.65. The number of H-pyrrole nitrogens is 1. The Morgan fingerprint density at radius 3 is 2.88 bits per heavy atom. The molecule has 2 heterocycles. The van der Waals surface area contributed by atoms with Crippen LogP contribution in [0.1, 0.15) is 25.1 Å². The van der Waals surface area contributed by atoms with Crippen LogP contribution < -0.4 is 11.2 Å². The van der Waals surface area contributed by atoms with Crippen molar-refractivity contribution in [1.29, 1.82) is 0 Å². The number of hydrogen-bond donors (Lipinski definition) is 2. The third-order valence-electron chi connectivity index (χ3n) is 3.18. The van der Waals surface area contributed by atoms with E-state index in [1.165, 1.54) is 10.8 Å². The van der Waals surface area contributed by atoms with Crippen LogP contribution in [0.5, 0.6) is 0 Å². The molecule has 1 aliphatic heterocycles. The number of rotatable bonds is 2. The van der Waals surface area contributed by atoms with Gasteiger partial charge in [-0.15, -0.1) is 0 Å². The molecule has 17 heavy (non-hydrogen) atoms. The number of aryl methyl sites for hydroxylation is 1. The first-order chi connectivity index (χ1) is 8.02. The van der Waals surface area contributed by atoms with Gasteiger partial charge in [0.25, 0.3) is 5.56 Å². The summed E-state index contributed by atoms with van der Waals surface area (Å²) < 4.78 is 6.95. The van der Waals surface area contributed by atoms with Gasteiger partial charge in [0, 0.05) is 11.8 Å². The Hall–Kier alpha value is -1.40. The second-order valence-corrected chi connectivity index (χ2v) is 4.50. The third-order valence-corrected chi connectivity index (χ3v) is 3.18. The zero-order chi connectivity index (χ0) is 12.6. The summed E-state index contributed by atoms with van der Waals surface area (Å²) in [6, 6.07) is 0. The molecule has 0 unspecified atom stereocenters. The van der Waals surface area contributed by atoms with E-state index >= 15 is 0 Å². The van der Waals surface area contributed by atoms with Gasteiger partial charge in [0.15, 0.2) is 0 Å². The molecule has 6 nitrogen and oxygen atoms in total. The van der Waals surface area contributed by atoms with Gasteiger partial charge in [-0.2, -0.15) is 0 Å². The van der Waals surface area contributed by atoms with Crippen LogP contribution in [0.2, 0.25) is 0 Å². The van der Waals surface area contributed by atoms with E-state index in [2.05, 4.69) is 4.98 Å². The van der Waals surface area contributed by atoms with Crippen LogP contribution >= 0.6 is 0 Å². The molecule has 2 N–H and O–H groups in total. The fourth-order valence-corrected chi connectivity index (χ4v) is 2.06. The van der Waals surface area contributed by atoms with Gasteiger partial charge in [0.05, 0.1) is 12.7 Å². The van der Waals surface area contributed by atoms with Crippen molar-refractivity contribution in [1.82, 2.24) is 9.55 Å². The fraction of sp³-hybridized carbons (Fsp3) is 0.636. The Morgan fingerprint density at radius 2 is 2.29 bits per heavy atom. The molecule has 0 aromatic carbocycles. The Labute approximate surface area is 97.9 Å². The monoisotopic (exact) mass is 240 g/mol. The summed E-state index contributed by atoms with van der Waals surface area (Å²) in [6.45, 7) is 3.54. The lowest BCUT2D eigenvalue weighted by atomic mass is 10.0. The molecule has 1 saturated heterocycles. The number of nitrogens with zero attached hydrogens (tertiary/aromatic N) is 1. The molecule has 0 spiro atoms. The summed E-state index contributed by atoms with van der Waals surface area (Å²) in [4.78, 5) is 25.1. The highest BCUT2D eigenvalue weighted by Gasteiger charge is 2.33. The molecule has 6 heteroatoms. The lowest BCUT2D eigenvalue weighted by Gasteiger charge is -2.14. The SMILES string of the molecule is Cc1cn([C@H]2C[C@H](C)[C@@H](CO)O2)c(=O)[nH]c1=O. The number of hydrogen-bond acceptors (Lipinski definition) is 4. The van der Waals surface area contributed by atoms with Crippen LogP contribution in [-0.4, -0.2) is 27.4 Å². The summed E-state index contributed by atoms with van der Waals surface area (Å²) in [5.41, 5.74) is -0.388. The second-order valence-electron chi connectivity index (χ2n) is 4.50. The smallest absolute Gasteiger partial charge is 0.330 e. The highest BCUT2D eigenvalue weighted by Crippen LogP contribution is 2.31. The summed E-state index contributed by atoms with van der Waals surface area (Å²) in [7, 11) is 0. The predicted molar refractivity (Wildman–Crippen MR) is 60.8 cm³/mol. The minimum Gasteiger partial charge on any atom is -0.394 e. The lowest BCUT2D eigenvalue weighted by Crippen LogP contribution is -2.33. The van der Waals surface area contributed by atoms with Crippen LogP contribution in [0.3, 0.4) is 0 Å². The minimum absolute atomic E-state index is 0.0608. The van der Waals surface area contributed by atoms with Crippen LogP contribution in [-0.2, 0) is 4.74 Å². The quantitative estimate of drug-likeness (QED) is 0.747. The number of aliphatic hydroxyl groups excluding tert-OH is 1. The lowest BCUT2D eigenvalue weighted by molar-refractivity contribution is -0.0313. The first kappa shape index (κ1) is 12.1. The van der Waals surface area contributed by atoms with Crippen molar-refractivity contribution in [3.8, 4) is 0 Å². The summed E-state index contributed by atoms with van der Waals surface area (Å²) >= 11 is 0. The average molecular weight is 240 g/mol. The minimum atomic E-state index is -0.476. The summed E-state index contributed by atoms with van der Waals surface area (Å²) in [5.74, 6) is 0.184. The zero-order valence-corrected chi connectivity index (χ0v) is 9.84. The Balaban J connectivity index is 2.34. The van der Waals surface area contributed by atoms with Gasteiger partial charge in [-0.1, -0.05) is 6.92 Å². The van der Waals surface area contributed by atoms with E-state index in [0.29, 0.717) is 12.0 Å². The molecule has 1 aromatic heterocycles. The molecule has 0 saturated carbocycles. The molecule has 2 rings (SSSR count). The predicted octanol–water partition coefficient (Wildman–Crippen LogP) is -0.239. The van der Waals surface area contributed by atoms with E-state index in [1.54, 1.807) is 6.92 Å². The van der Waals surface area contributed by atoms with E-state index in [1.807, 2.05) is 6.92 Å². The Bertz CT molecular complexity index is 519. The maximum Gasteiger partial charge on any atom is 0.330 e. The van der Waals surface area contributed by atoms with Gasteiger partial charge < -0.3 is 9.84 Å². The van der Waals surface area contributed by atoms with Gasteiger partial charge in [0.1, 0.15) is 6.23 Å². The van der Waals surface area contributed by atoms with Gasteiger partial charge in [0.2, 0.25) is 0 Å². The number of nitrogens with one attached hydrogen (secondary N) is 1. The number of aromatic amines is 1. The van der Waals surface area contributed by atoms with E-state index in [0.717, 1.165) is 0 Å². The highest BCUT2D eigenvalue weighted by molar-refractivity contribution is 5.01. The van der Waals surface area contributed by atoms with Gasteiger partial charge in [-0.3, -0.25) is 14.3 Å². The molecule has 1 fully saturated rings. The molecule has 94 valence electrons. The number of aliphatic hydroxyl groups is 1. The number of ether oxygens (including phenoxy) is 1. The van der Waals surface area contributed by atoms with Crippen LogP contribution in [0, 0.1) is 12.8 Å². The molecular weight excluding hydrogens is 224 g/mol. The normalized spacial score (nSPS) is 28.5. The zero-order valence-electron chi connectivity index (χ0n) is 9.84. The second kappa shape index (κ2) is 4.46. The summed E-state index contributed by atoms with van der Waals surface area (Å²) in [5, 5.41) is 9.10. The molecule has 0 amide bonds. The van der Waals surface area contributed by atoms with E-state index < -0.39 is 11.9 Å². The third kappa shape index (κ3) is 2.18. The van der Waals surface area contributed by atoms with Crippen molar-refractivity contribution in [3.63, 3.8) is 0 Å². The van der Waals surface area contributed by atoms with Crippen LogP contribution in [0.15, 0.2) is 15.8 Å². The van der Waals surface area contributed by atoms with Crippen molar-refractivity contribution < 1.29 is 9.84 Å². The topological polar surface area (TPSA) is 84.3 Å². The first-order valence-electron chi connectivity index (χ1n) is 5.61. The van der Waals surface area contributed by atoms with Gasteiger partial charge >= 0.3 is 5.69 Å². The van der Waals surface area contributed by atoms with Crippen molar-refractivity contribution in [2.45, 2.75) is 32.6 Å². The van der Waals surface area contributed by atoms with Crippen LogP contribution in [0.25, 0.3) is 0 Å². The van der Waals surface area contributed by atoms with E-state index in [4.69, 9.17) is 9.84 Å². The molecule has 0 bridgehead atoms. The largest absolute Gasteiger partial charge is 0.394 e. The fourth-order valence-electron chi connectivity index (χ4n) is 2.06. The van der Waals surface area contributed by atoms with E-state index in [-0.39, 0.29) is 24.2 Å². The van der Waals surface area contributed by atoms with Crippen molar-refractivity contribution >= 4 is 0 Å². The first-order valence-corrected chi connectivity index (χ1v) is 5.61. The standard InChI is InChI=1S/C11H16N2O4/c1-6-3-9(17-8(6)5-14)13-4-7(2)10(15)12-11(13)16/h4,6,8-9,14H,3,5H2,1-2H3,(H,12,15,16)/t6-,8+,9+/m0/s1. The molecule has 0 aliphatic carbocycles. The van der Waals surface area contributed by atoms with Gasteiger partial charge in [-0.05, 0) is 19.3 Å². The van der Waals surface area contributed by atoms with Gasteiger partial charge in [-0.25, -0.2) is 4.79 Å². The van der Waals surface area contributed by atoms with Crippen molar-refractivity contribution in [3.05, 3.63) is 32.6 Å². The molecular formula is C11H16N2O4. The molecule has 1 aliphatic rings. The molecule has 3 atom stereocenters.